The Morgan fingerprint density at radius 2 is 2.33 bits per heavy atom. The van der Waals surface area contributed by atoms with Gasteiger partial charge in [0, 0.05) is 18.8 Å². The molecule has 2 heterocycles. The molecule has 0 aliphatic carbocycles. The zero-order chi connectivity index (χ0) is 13.0. The first-order valence-electron chi connectivity index (χ1n) is 5.81. The predicted octanol–water partition coefficient (Wildman–Crippen LogP) is 0.438. The summed E-state index contributed by atoms with van der Waals surface area (Å²) < 4.78 is 1.94. The van der Waals surface area contributed by atoms with Crippen LogP contribution in [0.2, 0.25) is 0 Å². The number of amides is 1. The minimum absolute atomic E-state index is 0.235. The number of hydrogen-bond donors (Lipinski definition) is 2. The Balaban J connectivity index is 1.73. The lowest BCUT2D eigenvalue weighted by Gasteiger charge is -2.05. The second-order valence-corrected chi connectivity index (χ2v) is 4.09. The first-order chi connectivity index (χ1) is 8.66. The summed E-state index contributed by atoms with van der Waals surface area (Å²) >= 11 is 0. The molecule has 7 heteroatoms. The maximum absolute atomic E-state index is 11.5. The van der Waals surface area contributed by atoms with E-state index in [4.69, 9.17) is 0 Å². The molecule has 18 heavy (non-hydrogen) atoms. The molecule has 0 bridgehead atoms. The summed E-state index contributed by atoms with van der Waals surface area (Å²) in [6, 6.07) is 2.03. The molecule has 0 aliphatic rings. The number of rotatable bonds is 5. The van der Waals surface area contributed by atoms with E-state index in [2.05, 4.69) is 25.6 Å². The van der Waals surface area contributed by atoms with Crippen molar-refractivity contribution in [3.63, 3.8) is 0 Å². The number of aromatic amines is 1. The second-order valence-electron chi connectivity index (χ2n) is 4.09. The van der Waals surface area contributed by atoms with Crippen LogP contribution < -0.4 is 5.32 Å². The van der Waals surface area contributed by atoms with Crippen molar-refractivity contribution in [2.24, 2.45) is 0 Å². The van der Waals surface area contributed by atoms with E-state index < -0.39 is 0 Å². The normalized spacial score (nSPS) is 10.6. The number of nitrogens with one attached hydrogen (secondary N) is 2. The average Bonchev–Trinajstić information content (AvgIpc) is 2.94. The van der Waals surface area contributed by atoms with E-state index in [0.29, 0.717) is 6.54 Å². The van der Waals surface area contributed by atoms with E-state index in [1.807, 2.05) is 24.6 Å². The van der Waals surface area contributed by atoms with Crippen LogP contribution >= 0.6 is 0 Å². The maximum Gasteiger partial charge on any atom is 0.288 e. The molecule has 0 saturated carbocycles. The fourth-order valence-electron chi connectivity index (χ4n) is 1.73. The Labute approximate surface area is 105 Å². The van der Waals surface area contributed by atoms with Crippen molar-refractivity contribution in [3.05, 3.63) is 29.6 Å². The molecule has 1 amide bonds. The Morgan fingerprint density at radius 3 is 2.94 bits per heavy atom. The minimum Gasteiger partial charge on any atom is -0.349 e. The Hall–Kier alpha value is -2.18. The number of aromatic nitrogens is 5. The smallest absolute Gasteiger partial charge is 0.288 e. The molecular formula is C11H16N6O. The molecule has 2 rings (SSSR count). The minimum atomic E-state index is -0.235. The van der Waals surface area contributed by atoms with E-state index in [9.17, 15) is 4.79 Å². The molecule has 0 fully saturated rings. The van der Waals surface area contributed by atoms with Crippen LogP contribution in [-0.2, 0) is 6.54 Å². The summed E-state index contributed by atoms with van der Waals surface area (Å²) in [6.07, 6.45) is 2.13. The molecule has 2 aromatic heterocycles. The molecule has 96 valence electrons. The van der Waals surface area contributed by atoms with Crippen LogP contribution in [0.3, 0.4) is 0 Å². The Kier molecular flexibility index (Phi) is 3.71. The van der Waals surface area contributed by atoms with Crippen LogP contribution in [0.5, 0.6) is 0 Å². The van der Waals surface area contributed by atoms with Gasteiger partial charge in [-0.05, 0) is 26.3 Å². The summed E-state index contributed by atoms with van der Waals surface area (Å²) in [6.45, 7) is 5.36. The van der Waals surface area contributed by atoms with Crippen molar-refractivity contribution in [2.75, 3.05) is 6.54 Å². The number of nitrogens with zero attached hydrogens (tertiary/aromatic N) is 4. The highest BCUT2D eigenvalue weighted by Gasteiger charge is 2.07. The lowest BCUT2D eigenvalue weighted by atomic mass is 10.4. The first kappa shape index (κ1) is 12.3. The molecular weight excluding hydrogens is 232 g/mol. The Morgan fingerprint density at radius 1 is 1.50 bits per heavy atom. The van der Waals surface area contributed by atoms with E-state index in [0.717, 1.165) is 24.4 Å². The van der Waals surface area contributed by atoms with E-state index in [1.54, 1.807) is 0 Å². The zero-order valence-electron chi connectivity index (χ0n) is 10.5. The van der Waals surface area contributed by atoms with Crippen LogP contribution in [0, 0.1) is 13.8 Å². The van der Waals surface area contributed by atoms with Gasteiger partial charge in [-0.3, -0.25) is 14.6 Å². The van der Waals surface area contributed by atoms with Gasteiger partial charge in [-0.1, -0.05) is 0 Å². The van der Waals surface area contributed by atoms with Crippen molar-refractivity contribution in [3.8, 4) is 0 Å². The largest absolute Gasteiger partial charge is 0.349 e. The molecule has 7 nitrogen and oxygen atoms in total. The van der Waals surface area contributed by atoms with Crippen LogP contribution in [-0.4, -0.2) is 37.4 Å². The van der Waals surface area contributed by atoms with Crippen molar-refractivity contribution in [1.29, 1.82) is 0 Å². The molecule has 2 aromatic rings. The number of hydrogen-bond acceptors (Lipinski definition) is 4. The van der Waals surface area contributed by atoms with Gasteiger partial charge in [-0.25, -0.2) is 4.98 Å². The SMILES string of the molecule is Cc1cc(C)n(CCCNC(=O)c2ncn[nH]2)n1. The highest BCUT2D eigenvalue weighted by molar-refractivity contribution is 5.90. The summed E-state index contributed by atoms with van der Waals surface area (Å²) in [5, 5.41) is 13.3. The van der Waals surface area contributed by atoms with Gasteiger partial charge in [0.05, 0.1) is 5.69 Å². The molecule has 2 N–H and O–H groups in total. The van der Waals surface area contributed by atoms with Gasteiger partial charge < -0.3 is 5.32 Å². The third kappa shape index (κ3) is 2.93. The molecule has 0 saturated heterocycles. The van der Waals surface area contributed by atoms with Crippen molar-refractivity contribution < 1.29 is 4.79 Å². The van der Waals surface area contributed by atoms with Gasteiger partial charge in [-0.15, -0.1) is 0 Å². The number of carbonyl (C=O) groups excluding carboxylic acids is 1. The second kappa shape index (κ2) is 5.44. The number of H-pyrrole nitrogens is 1. The lowest BCUT2D eigenvalue weighted by molar-refractivity contribution is 0.0942. The number of aryl methyl sites for hydroxylation is 3. The summed E-state index contributed by atoms with van der Waals surface area (Å²) in [5.74, 6) is 0.00184. The number of carbonyl (C=O) groups is 1. The van der Waals surface area contributed by atoms with Gasteiger partial charge in [-0.2, -0.15) is 10.2 Å². The van der Waals surface area contributed by atoms with Crippen molar-refractivity contribution >= 4 is 5.91 Å². The van der Waals surface area contributed by atoms with Gasteiger partial charge in [0.25, 0.3) is 5.91 Å². The quantitative estimate of drug-likeness (QED) is 0.751. The van der Waals surface area contributed by atoms with Crippen LogP contribution in [0.4, 0.5) is 0 Å². The molecule has 0 unspecified atom stereocenters. The van der Waals surface area contributed by atoms with Crippen molar-refractivity contribution in [2.45, 2.75) is 26.8 Å². The van der Waals surface area contributed by atoms with Crippen LogP contribution in [0.15, 0.2) is 12.4 Å². The topological polar surface area (TPSA) is 88.5 Å². The van der Waals surface area contributed by atoms with Gasteiger partial charge in [0.2, 0.25) is 5.82 Å². The average molecular weight is 248 g/mol. The molecule has 0 atom stereocenters. The van der Waals surface area contributed by atoms with Gasteiger partial charge >= 0.3 is 0 Å². The molecule has 0 aliphatic heterocycles. The van der Waals surface area contributed by atoms with E-state index in [1.165, 1.54) is 6.33 Å². The maximum atomic E-state index is 11.5. The summed E-state index contributed by atoms with van der Waals surface area (Å²) in [4.78, 5) is 15.3. The Bertz CT molecular complexity index is 516. The molecule has 0 spiro atoms. The van der Waals surface area contributed by atoms with Crippen molar-refractivity contribution in [1.82, 2.24) is 30.3 Å². The van der Waals surface area contributed by atoms with E-state index in [-0.39, 0.29) is 11.7 Å². The highest BCUT2D eigenvalue weighted by Crippen LogP contribution is 2.02. The third-order valence-corrected chi connectivity index (χ3v) is 2.57. The van der Waals surface area contributed by atoms with Gasteiger partial charge in [0.1, 0.15) is 6.33 Å². The fourth-order valence-corrected chi connectivity index (χ4v) is 1.73. The zero-order valence-corrected chi connectivity index (χ0v) is 10.5. The van der Waals surface area contributed by atoms with E-state index >= 15 is 0 Å². The summed E-state index contributed by atoms with van der Waals surface area (Å²) in [5.41, 5.74) is 2.15. The monoisotopic (exact) mass is 248 g/mol. The predicted molar refractivity (Wildman–Crippen MR) is 65.0 cm³/mol. The highest BCUT2D eigenvalue weighted by atomic mass is 16.2. The standard InChI is InChI=1S/C11H16N6O/c1-8-6-9(2)17(16-8)5-3-4-12-11(18)10-13-7-14-15-10/h6-7H,3-5H2,1-2H3,(H,12,18)(H,13,14,15). The summed E-state index contributed by atoms with van der Waals surface area (Å²) in [7, 11) is 0. The molecule has 0 radical (unpaired) electrons. The van der Waals surface area contributed by atoms with Gasteiger partial charge in [0.15, 0.2) is 0 Å². The third-order valence-electron chi connectivity index (χ3n) is 2.57. The van der Waals surface area contributed by atoms with Crippen LogP contribution in [0.25, 0.3) is 0 Å². The molecule has 0 aromatic carbocycles. The van der Waals surface area contributed by atoms with Crippen LogP contribution in [0.1, 0.15) is 28.4 Å². The lowest BCUT2D eigenvalue weighted by Crippen LogP contribution is -2.26. The fraction of sp³-hybridized carbons (Fsp3) is 0.455. The first-order valence-corrected chi connectivity index (χ1v) is 5.81.